The van der Waals surface area contributed by atoms with Crippen LogP contribution in [-0.4, -0.2) is 29.4 Å². The molecule has 0 aliphatic rings. The number of nitrogens with zero attached hydrogens (tertiary/aromatic N) is 2. The van der Waals surface area contributed by atoms with E-state index in [2.05, 4.69) is 18.8 Å². The molecule has 1 amide bonds. The molecule has 0 spiro atoms. The number of hydrogen-bond donors (Lipinski definition) is 0. The summed E-state index contributed by atoms with van der Waals surface area (Å²) in [5.74, 6) is 1.35. The van der Waals surface area contributed by atoms with E-state index in [-0.39, 0.29) is 5.91 Å². The molecule has 0 saturated heterocycles. The van der Waals surface area contributed by atoms with Gasteiger partial charge in [0, 0.05) is 29.6 Å². The Labute approximate surface area is 134 Å². The summed E-state index contributed by atoms with van der Waals surface area (Å²) < 4.78 is 0. The van der Waals surface area contributed by atoms with Crippen LogP contribution in [0.4, 0.5) is 0 Å². The second kappa shape index (κ2) is 7.61. The molecular weight excluding hydrogens is 300 g/mol. The van der Waals surface area contributed by atoms with Crippen LogP contribution in [0, 0.1) is 5.92 Å². The third-order valence-electron chi connectivity index (χ3n) is 2.96. The SMILES string of the molecule is CC(C)CN(C)C(=O)c1ccccc1SCc1cscn1. The number of aromatic nitrogens is 1. The zero-order valence-electron chi connectivity index (χ0n) is 12.6. The molecule has 0 radical (unpaired) electrons. The number of benzene rings is 1. The van der Waals surface area contributed by atoms with Gasteiger partial charge in [0.2, 0.25) is 0 Å². The largest absolute Gasteiger partial charge is 0.341 e. The summed E-state index contributed by atoms with van der Waals surface area (Å²) in [5, 5.41) is 2.04. The molecule has 1 aromatic carbocycles. The summed E-state index contributed by atoms with van der Waals surface area (Å²) in [6.45, 7) is 5.00. The molecule has 0 saturated carbocycles. The number of thioether (sulfide) groups is 1. The van der Waals surface area contributed by atoms with Crippen LogP contribution in [0.2, 0.25) is 0 Å². The summed E-state index contributed by atoms with van der Waals surface area (Å²) in [5.41, 5.74) is 3.67. The maximum Gasteiger partial charge on any atom is 0.254 e. The molecule has 0 N–H and O–H groups in total. The predicted octanol–water partition coefficient (Wildman–Crippen LogP) is 4.16. The molecule has 1 heterocycles. The van der Waals surface area contributed by atoms with Crippen LogP contribution in [0.5, 0.6) is 0 Å². The molecule has 0 atom stereocenters. The Kier molecular flexibility index (Phi) is 5.82. The predicted molar refractivity (Wildman–Crippen MR) is 89.9 cm³/mol. The standard InChI is InChI=1S/C16H20N2OS2/c1-12(2)8-18(3)16(19)14-6-4-5-7-15(14)21-10-13-9-20-11-17-13/h4-7,9,11-12H,8,10H2,1-3H3. The second-order valence-corrected chi connectivity index (χ2v) is 7.08. The van der Waals surface area contributed by atoms with E-state index in [0.717, 1.165) is 28.5 Å². The van der Waals surface area contributed by atoms with Crippen LogP contribution in [0.15, 0.2) is 40.1 Å². The highest BCUT2D eigenvalue weighted by Crippen LogP contribution is 2.27. The number of carbonyl (C=O) groups excluding carboxylic acids is 1. The fourth-order valence-corrected chi connectivity index (χ4v) is 3.68. The molecule has 2 rings (SSSR count). The molecule has 0 unspecified atom stereocenters. The van der Waals surface area contributed by atoms with E-state index in [1.54, 1.807) is 28.0 Å². The summed E-state index contributed by atoms with van der Waals surface area (Å²) in [6, 6.07) is 7.81. The summed E-state index contributed by atoms with van der Waals surface area (Å²) in [7, 11) is 1.87. The van der Waals surface area contributed by atoms with Gasteiger partial charge in [0.05, 0.1) is 16.8 Å². The van der Waals surface area contributed by atoms with Crippen LogP contribution in [-0.2, 0) is 5.75 Å². The zero-order valence-corrected chi connectivity index (χ0v) is 14.2. The van der Waals surface area contributed by atoms with Crippen molar-refractivity contribution in [1.82, 2.24) is 9.88 Å². The molecule has 112 valence electrons. The first kappa shape index (κ1) is 16.0. The Hall–Kier alpha value is -1.33. The van der Waals surface area contributed by atoms with Gasteiger partial charge in [-0.3, -0.25) is 4.79 Å². The minimum atomic E-state index is 0.0880. The van der Waals surface area contributed by atoms with E-state index in [0.29, 0.717) is 5.92 Å². The molecule has 1 aromatic heterocycles. The fourth-order valence-electron chi connectivity index (χ4n) is 2.07. The molecule has 0 fully saturated rings. The van der Waals surface area contributed by atoms with Gasteiger partial charge in [-0.15, -0.1) is 23.1 Å². The zero-order chi connectivity index (χ0) is 15.2. The lowest BCUT2D eigenvalue weighted by Gasteiger charge is -2.20. The van der Waals surface area contributed by atoms with Gasteiger partial charge in [-0.1, -0.05) is 26.0 Å². The molecule has 5 heteroatoms. The summed E-state index contributed by atoms with van der Waals surface area (Å²) in [4.78, 5) is 19.7. The number of rotatable bonds is 6. The highest BCUT2D eigenvalue weighted by Gasteiger charge is 2.16. The Morgan fingerprint density at radius 2 is 2.14 bits per heavy atom. The van der Waals surface area contributed by atoms with E-state index in [4.69, 9.17) is 0 Å². The topological polar surface area (TPSA) is 33.2 Å². The maximum absolute atomic E-state index is 12.6. The number of thiazole rings is 1. The van der Waals surface area contributed by atoms with Gasteiger partial charge in [0.1, 0.15) is 0 Å². The molecular formula is C16H20N2OS2. The molecule has 0 aliphatic heterocycles. The van der Waals surface area contributed by atoms with Gasteiger partial charge >= 0.3 is 0 Å². The average Bonchev–Trinajstić information content (AvgIpc) is 2.97. The minimum absolute atomic E-state index is 0.0880. The Morgan fingerprint density at radius 1 is 1.38 bits per heavy atom. The highest BCUT2D eigenvalue weighted by atomic mass is 32.2. The first-order valence-corrected chi connectivity index (χ1v) is 8.85. The van der Waals surface area contributed by atoms with Gasteiger partial charge in [-0.05, 0) is 18.1 Å². The van der Waals surface area contributed by atoms with Crippen LogP contribution in [0.3, 0.4) is 0 Å². The van der Waals surface area contributed by atoms with Gasteiger partial charge in [-0.25, -0.2) is 4.98 Å². The second-order valence-electron chi connectivity index (χ2n) is 5.34. The Bertz CT molecular complexity index is 582. The number of carbonyl (C=O) groups is 1. The molecule has 21 heavy (non-hydrogen) atoms. The van der Waals surface area contributed by atoms with Crippen LogP contribution >= 0.6 is 23.1 Å². The smallest absolute Gasteiger partial charge is 0.254 e. The van der Waals surface area contributed by atoms with Crippen molar-refractivity contribution in [3.8, 4) is 0 Å². The summed E-state index contributed by atoms with van der Waals surface area (Å²) in [6.07, 6.45) is 0. The normalized spacial score (nSPS) is 10.9. The van der Waals surface area contributed by atoms with Crippen LogP contribution in [0.1, 0.15) is 29.9 Å². The van der Waals surface area contributed by atoms with E-state index >= 15 is 0 Å². The van der Waals surface area contributed by atoms with Crippen LogP contribution in [0.25, 0.3) is 0 Å². The van der Waals surface area contributed by atoms with Crippen molar-refractivity contribution in [3.05, 3.63) is 46.4 Å². The highest BCUT2D eigenvalue weighted by molar-refractivity contribution is 7.98. The molecule has 2 aromatic rings. The fraction of sp³-hybridized carbons (Fsp3) is 0.375. The average molecular weight is 320 g/mol. The molecule has 0 bridgehead atoms. The quantitative estimate of drug-likeness (QED) is 0.749. The van der Waals surface area contributed by atoms with E-state index in [1.165, 1.54) is 0 Å². The minimum Gasteiger partial charge on any atom is -0.341 e. The maximum atomic E-state index is 12.6. The van der Waals surface area contributed by atoms with Crippen molar-refractivity contribution in [2.45, 2.75) is 24.5 Å². The van der Waals surface area contributed by atoms with Crippen molar-refractivity contribution in [1.29, 1.82) is 0 Å². The monoisotopic (exact) mass is 320 g/mol. The molecule has 3 nitrogen and oxygen atoms in total. The lowest BCUT2D eigenvalue weighted by atomic mass is 10.1. The third kappa shape index (κ3) is 4.58. The van der Waals surface area contributed by atoms with Crippen molar-refractivity contribution < 1.29 is 4.79 Å². The lowest BCUT2D eigenvalue weighted by Crippen LogP contribution is -2.30. The summed E-state index contributed by atoms with van der Waals surface area (Å²) >= 11 is 3.26. The molecule has 0 aliphatic carbocycles. The Balaban J connectivity index is 2.10. The van der Waals surface area contributed by atoms with Crippen molar-refractivity contribution in [2.75, 3.05) is 13.6 Å². The van der Waals surface area contributed by atoms with Crippen LogP contribution < -0.4 is 0 Å². The Morgan fingerprint density at radius 3 is 2.81 bits per heavy atom. The van der Waals surface area contributed by atoms with Crippen molar-refractivity contribution in [3.63, 3.8) is 0 Å². The van der Waals surface area contributed by atoms with E-state index in [1.807, 2.05) is 42.2 Å². The number of hydrogen-bond acceptors (Lipinski definition) is 4. The third-order valence-corrected chi connectivity index (χ3v) is 4.70. The van der Waals surface area contributed by atoms with E-state index in [9.17, 15) is 4.79 Å². The van der Waals surface area contributed by atoms with Gasteiger partial charge < -0.3 is 4.90 Å². The number of amides is 1. The van der Waals surface area contributed by atoms with Gasteiger partial charge in [0.15, 0.2) is 0 Å². The van der Waals surface area contributed by atoms with Crippen molar-refractivity contribution >= 4 is 29.0 Å². The lowest BCUT2D eigenvalue weighted by molar-refractivity contribution is 0.0776. The first-order valence-electron chi connectivity index (χ1n) is 6.92. The van der Waals surface area contributed by atoms with Gasteiger partial charge in [-0.2, -0.15) is 0 Å². The van der Waals surface area contributed by atoms with Gasteiger partial charge in [0.25, 0.3) is 5.91 Å². The van der Waals surface area contributed by atoms with E-state index < -0.39 is 0 Å². The first-order chi connectivity index (χ1) is 10.1. The van der Waals surface area contributed by atoms with Crippen molar-refractivity contribution in [2.24, 2.45) is 5.92 Å².